The molecule has 1 amide bonds. The van der Waals surface area contributed by atoms with E-state index in [1.807, 2.05) is 49.4 Å². The van der Waals surface area contributed by atoms with Gasteiger partial charge in [-0.25, -0.2) is 4.98 Å². The highest BCUT2D eigenvalue weighted by Crippen LogP contribution is 2.17. The SMILES string of the molecule is Cc1ccc(OCC(=O)NCCc2nc3ccccc3n2CCCN(C)C)cc1. The maximum Gasteiger partial charge on any atom is 0.257 e. The summed E-state index contributed by atoms with van der Waals surface area (Å²) in [5.74, 6) is 1.58. The number of nitrogens with zero attached hydrogens (tertiary/aromatic N) is 3. The lowest BCUT2D eigenvalue weighted by Crippen LogP contribution is -2.31. The highest BCUT2D eigenvalue weighted by Gasteiger charge is 2.11. The van der Waals surface area contributed by atoms with Crippen LogP contribution in [0.4, 0.5) is 0 Å². The van der Waals surface area contributed by atoms with Gasteiger partial charge in [0.2, 0.25) is 0 Å². The maximum absolute atomic E-state index is 12.1. The van der Waals surface area contributed by atoms with Gasteiger partial charge in [0, 0.05) is 19.5 Å². The largest absolute Gasteiger partial charge is 0.484 e. The molecule has 6 nitrogen and oxygen atoms in total. The Morgan fingerprint density at radius 2 is 1.90 bits per heavy atom. The summed E-state index contributed by atoms with van der Waals surface area (Å²) in [5, 5.41) is 2.93. The number of carbonyl (C=O) groups excluding carboxylic acids is 1. The molecule has 0 aliphatic rings. The van der Waals surface area contributed by atoms with E-state index in [0.29, 0.717) is 18.7 Å². The summed E-state index contributed by atoms with van der Waals surface area (Å²) < 4.78 is 7.81. The molecule has 1 aromatic heterocycles. The van der Waals surface area contributed by atoms with Crippen molar-refractivity contribution in [2.75, 3.05) is 33.8 Å². The lowest BCUT2D eigenvalue weighted by Gasteiger charge is -2.13. The first-order chi connectivity index (χ1) is 14.0. The second-order valence-corrected chi connectivity index (χ2v) is 7.53. The fourth-order valence-electron chi connectivity index (χ4n) is 3.26. The van der Waals surface area contributed by atoms with Gasteiger partial charge in [-0.1, -0.05) is 29.8 Å². The number of aromatic nitrogens is 2. The van der Waals surface area contributed by atoms with Gasteiger partial charge in [0.25, 0.3) is 5.91 Å². The zero-order chi connectivity index (χ0) is 20.6. The molecule has 0 bridgehead atoms. The molecular formula is C23H30N4O2. The quantitative estimate of drug-likeness (QED) is 0.574. The normalized spacial score (nSPS) is 11.2. The van der Waals surface area contributed by atoms with Gasteiger partial charge in [-0.2, -0.15) is 0 Å². The molecule has 2 aromatic carbocycles. The summed E-state index contributed by atoms with van der Waals surface area (Å²) in [4.78, 5) is 19.1. The molecule has 0 spiro atoms. The van der Waals surface area contributed by atoms with Gasteiger partial charge in [-0.05, 0) is 58.3 Å². The first kappa shape index (κ1) is 20.9. The number of imidazole rings is 1. The number of carbonyl (C=O) groups is 1. The number of ether oxygens (including phenoxy) is 1. The van der Waals surface area contributed by atoms with Crippen molar-refractivity contribution in [2.45, 2.75) is 26.3 Å². The van der Waals surface area contributed by atoms with Crippen molar-refractivity contribution < 1.29 is 9.53 Å². The van der Waals surface area contributed by atoms with E-state index in [-0.39, 0.29) is 12.5 Å². The van der Waals surface area contributed by atoms with E-state index < -0.39 is 0 Å². The van der Waals surface area contributed by atoms with Crippen LogP contribution in [0, 0.1) is 6.92 Å². The van der Waals surface area contributed by atoms with E-state index in [2.05, 4.69) is 34.9 Å². The summed E-state index contributed by atoms with van der Waals surface area (Å²) in [6.45, 7) is 4.51. The number of benzene rings is 2. The molecular weight excluding hydrogens is 364 g/mol. The zero-order valence-electron chi connectivity index (χ0n) is 17.5. The summed E-state index contributed by atoms with van der Waals surface area (Å²) in [6.07, 6.45) is 1.74. The Balaban J connectivity index is 1.53. The Bertz CT molecular complexity index is 932. The molecule has 3 rings (SSSR count). The Morgan fingerprint density at radius 1 is 1.14 bits per heavy atom. The second-order valence-electron chi connectivity index (χ2n) is 7.53. The average Bonchev–Trinajstić information content (AvgIpc) is 3.05. The Labute approximate surface area is 172 Å². The minimum atomic E-state index is -0.124. The third kappa shape index (κ3) is 6.06. The molecule has 0 fully saturated rings. The fraction of sp³-hybridized carbons (Fsp3) is 0.391. The van der Waals surface area contributed by atoms with Gasteiger partial charge in [-0.3, -0.25) is 4.79 Å². The summed E-state index contributed by atoms with van der Waals surface area (Å²) >= 11 is 0. The molecule has 0 atom stereocenters. The highest BCUT2D eigenvalue weighted by atomic mass is 16.5. The van der Waals surface area contributed by atoms with Gasteiger partial charge in [0.1, 0.15) is 11.6 Å². The van der Waals surface area contributed by atoms with Crippen molar-refractivity contribution in [1.29, 1.82) is 0 Å². The van der Waals surface area contributed by atoms with Crippen molar-refractivity contribution in [2.24, 2.45) is 0 Å². The molecule has 154 valence electrons. The van der Waals surface area contributed by atoms with Crippen LogP contribution in [-0.2, 0) is 17.8 Å². The number of fused-ring (bicyclic) bond motifs is 1. The number of aryl methyl sites for hydroxylation is 2. The maximum atomic E-state index is 12.1. The van der Waals surface area contributed by atoms with Crippen LogP contribution in [0.5, 0.6) is 5.75 Å². The Kier molecular flexibility index (Phi) is 7.25. The van der Waals surface area contributed by atoms with Crippen molar-refractivity contribution in [1.82, 2.24) is 19.8 Å². The van der Waals surface area contributed by atoms with Gasteiger partial charge >= 0.3 is 0 Å². The molecule has 0 radical (unpaired) electrons. The molecule has 0 saturated heterocycles. The van der Waals surface area contributed by atoms with Gasteiger partial charge in [-0.15, -0.1) is 0 Å². The average molecular weight is 395 g/mol. The molecule has 0 aliphatic carbocycles. The van der Waals surface area contributed by atoms with E-state index in [9.17, 15) is 4.79 Å². The van der Waals surface area contributed by atoms with Crippen LogP contribution in [0.2, 0.25) is 0 Å². The molecule has 0 saturated carbocycles. The number of nitrogens with one attached hydrogen (secondary N) is 1. The lowest BCUT2D eigenvalue weighted by molar-refractivity contribution is -0.123. The number of rotatable bonds is 10. The van der Waals surface area contributed by atoms with E-state index >= 15 is 0 Å². The van der Waals surface area contributed by atoms with Crippen molar-refractivity contribution in [3.63, 3.8) is 0 Å². The topological polar surface area (TPSA) is 59.4 Å². The zero-order valence-corrected chi connectivity index (χ0v) is 17.5. The van der Waals surface area contributed by atoms with Gasteiger partial charge < -0.3 is 19.5 Å². The van der Waals surface area contributed by atoms with E-state index in [1.165, 1.54) is 0 Å². The molecule has 1 heterocycles. The molecule has 6 heteroatoms. The van der Waals surface area contributed by atoms with Gasteiger partial charge in [0.15, 0.2) is 6.61 Å². The van der Waals surface area contributed by atoms with Crippen molar-refractivity contribution in [3.8, 4) is 5.75 Å². The minimum Gasteiger partial charge on any atom is -0.484 e. The van der Waals surface area contributed by atoms with Crippen LogP contribution in [-0.4, -0.2) is 54.1 Å². The first-order valence-corrected chi connectivity index (χ1v) is 10.1. The van der Waals surface area contributed by atoms with E-state index in [4.69, 9.17) is 9.72 Å². The third-order valence-electron chi connectivity index (χ3n) is 4.78. The lowest BCUT2D eigenvalue weighted by atomic mass is 10.2. The number of amides is 1. The van der Waals surface area contributed by atoms with Crippen LogP contribution in [0.3, 0.4) is 0 Å². The first-order valence-electron chi connectivity index (χ1n) is 10.1. The predicted molar refractivity (Wildman–Crippen MR) is 116 cm³/mol. The standard InChI is InChI=1S/C23H30N4O2/c1-18-9-11-19(12-10-18)29-17-23(28)24-14-13-22-25-20-7-4-5-8-21(20)27(22)16-6-15-26(2)3/h4-5,7-12H,6,13-17H2,1-3H3,(H,24,28). The Morgan fingerprint density at radius 3 is 2.66 bits per heavy atom. The monoisotopic (exact) mass is 394 g/mol. The number of hydrogen-bond donors (Lipinski definition) is 1. The van der Waals surface area contributed by atoms with Gasteiger partial charge in [0.05, 0.1) is 11.0 Å². The van der Waals surface area contributed by atoms with Crippen LogP contribution in [0.1, 0.15) is 17.8 Å². The van der Waals surface area contributed by atoms with E-state index in [1.54, 1.807) is 0 Å². The molecule has 0 unspecified atom stereocenters. The predicted octanol–water partition coefficient (Wildman–Crippen LogP) is 3.03. The number of hydrogen-bond acceptors (Lipinski definition) is 4. The van der Waals surface area contributed by atoms with Crippen molar-refractivity contribution >= 4 is 16.9 Å². The second kappa shape index (κ2) is 10.1. The molecule has 0 aliphatic heterocycles. The van der Waals surface area contributed by atoms with Crippen molar-refractivity contribution in [3.05, 3.63) is 59.9 Å². The third-order valence-corrected chi connectivity index (χ3v) is 4.78. The summed E-state index contributed by atoms with van der Waals surface area (Å²) in [7, 11) is 4.17. The summed E-state index contributed by atoms with van der Waals surface area (Å²) in [5.41, 5.74) is 3.31. The molecule has 29 heavy (non-hydrogen) atoms. The molecule has 1 N–H and O–H groups in total. The van der Waals surface area contributed by atoms with Crippen LogP contribution in [0.15, 0.2) is 48.5 Å². The van der Waals surface area contributed by atoms with Crippen LogP contribution >= 0.6 is 0 Å². The van der Waals surface area contributed by atoms with Crippen LogP contribution in [0.25, 0.3) is 11.0 Å². The fourth-order valence-corrected chi connectivity index (χ4v) is 3.26. The highest BCUT2D eigenvalue weighted by molar-refractivity contribution is 5.77. The number of para-hydroxylation sites is 2. The minimum absolute atomic E-state index is 0.0162. The smallest absolute Gasteiger partial charge is 0.257 e. The molecule has 3 aromatic rings. The van der Waals surface area contributed by atoms with Crippen LogP contribution < -0.4 is 10.1 Å². The summed E-state index contributed by atoms with van der Waals surface area (Å²) in [6, 6.07) is 15.9. The Hall–Kier alpha value is -2.86. The van der Waals surface area contributed by atoms with E-state index in [0.717, 1.165) is 41.9 Å².